The molecule has 0 saturated carbocycles. The van der Waals surface area contributed by atoms with Crippen molar-refractivity contribution in [2.24, 2.45) is 0 Å². The quantitative estimate of drug-likeness (QED) is 0.314. The van der Waals surface area contributed by atoms with Gasteiger partial charge in [-0.05, 0) is 19.3 Å². The molecule has 0 atom stereocenters. The molecular formula is C16H33F6N2O4S2+. The van der Waals surface area contributed by atoms with E-state index in [1.165, 1.54) is 62.6 Å². The summed E-state index contributed by atoms with van der Waals surface area (Å²) in [6, 6.07) is 0. The maximum absolute atomic E-state index is 11.7. The zero-order valence-corrected chi connectivity index (χ0v) is 19.6. The molecule has 0 amide bonds. The first-order valence-corrected chi connectivity index (χ1v) is 12.4. The maximum Gasteiger partial charge on any atom is 0.512 e. The molecule has 0 heterocycles. The van der Waals surface area contributed by atoms with Crippen LogP contribution in [0, 0.1) is 0 Å². The van der Waals surface area contributed by atoms with Crippen LogP contribution in [0.2, 0.25) is 0 Å². The van der Waals surface area contributed by atoms with Crippen molar-refractivity contribution in [1.82, 2.24) is 3.71 Å². The van der Waals surface area contributed by atoms with E-state index in [2.05, 4.69) is 27.8 Å². The zero-order valence-electron chi connectivity index (χ0n) is 18.0. The first-order valence-electron chi connectivity index (χ1n) is 9.54. The van der Waals surface area contributed by atoms with Gasteiger partial charge in [-0.2, -0.15) is 26.3 Å². The predicted molar refractivity (Wildman–Crippen MR) is 103 cm³/mol. The van der Waals surface area contributed by atoms with Crippen LogP contribution in [0.5, 0.6) is 0 Å². The summed E-state index contributed by atoms with van der Waals surface area (Å²) in [5.74, 6) is 0. The lowest BCUT2D eigenvalue weighted by molar-refractivity contribution is -0.910. The number of alkyl halides is 6. The van der Waals surface area contributed by atoms with Crippen LogP contribution in [0.25, 0.3) is 0 Å². The fourth-order valence-electron chi connectivity index (χ4n) is 2.38. The Balaban J connectivity index is 0. The van der Waals surface area contributed by atoms with Gasteiger partial charge >= 0.3 is 31.1 Å². The highest BCUT2D eigenvalue weighted by Crippen LogP contribution is 2.33. The lowest BCUT2D eigenvalue weighted by Crippen LogP contribution is -2.46. The molecule has 0 rings (SSSR count). The minimum atomic E-state index is -6.59. The molecule has 0 radical (unpaired) electrons. The monoisotopic (exact) mass is 495 g/mol. The molecule has 0 aromatic carbocycles. The van der Waals surface area contributed by atoms with Gasteiger partial charge < -0.3 is 4.48 Å². The van der Waals surface area contributed by atoms with Crippen LogP contribution in [-0.2, 0) is 20.0 Å². The number of nitrogens with zero attached hydrogens (tertiary/aromatic N) is 2. The lowest BCUT2D eigenvalue weighted by Gasteiger charge is -2.34. The Hall–Kier alpha value is -0.600. The number of hydrogen-bond acceptors (Lipinski definition) is 4. The van der Waals surface area contributed by atoms with E-state index in [1.807, 2.05) is 0 Å². The van der Waals surface area contributed by atoms with Gasteiger partial charge in [0, 0.05) is 7.05 Å². The van der Waals surface area contributed by atoms with Crippen molar-refractivity contribution in [3.05, 3.63) is 0 Å². The second kappa shape index (κ2) is 12.4. The number of hydrogen-bond donors (Lipinski definition) is 0. The number of unbranched alkanes of at least 4 members (excludes halogenated alkanes) is 3. The SMILES string of the molecule is CCCC[N+](C)(CCCC)CCCC.CN(S(=O)(=O)C(F)(F)F)S(=O)(=O)C(F)(F)F. The smallest absolute Gasteiger partial charge is 0.326 e. The summed E-state index contributed by atoms with van der Waals surface area (Å²) in [5, 5.41) is 0. The van der Waals surface area contributed by atoms with Crippen LogP contribution in [-0.4, -0.2) is 69.8 Å². The molecule has 0 aliphatic rings. The summed E-state index contributed by atoms with van der Waals surface area (Å²) in [7, 11) is -11.1. The van der Waals surface area contributed by atoms with Crippen LogP contribution < -0.4 is 0 Å². The standard InChI is InChI=1S/C13H30N.C3H3F6NO4S2/c1-5-8-11-14(4,12-9-6-2)13-10-7-3;1-10(15(11,12)2(4,5)6)16(13,14)3(7,8)9/h5-13H2,1-4H3;1H3/q+1;. The molecule has 0 bridgehead atoms. The van der Waals surface area contributed by atoms with Gasteiger partial charge in [-0.15, -0.1) is 0 Å². The molecule has 6 nitrogen and oxygen atoms in total. The first kappa shape index (κ1) is 31.6. The molecule has 0 spiro atoms. The second-order valence-corrected chi connectivity index (χ2v) is 11.3. The average Bonchev–Trinajstić information content (AvgIpc) is 2.61. The van der Waals surface area contributed by atoms with E-state index >= 15 is 0 Å². The van der Waals surface area contributed by atoms with Gasteiger partial charge in [0.15, 0.2) is 0 Å². The first-order chi connectivity index (χ1) is 13.3. The summed E-state index contributed by atoms with van der Waals surface area (Å²) >= 11 is 0. The van der Waals surface area contributed by atoms with Crippen LogP contribution in [0.4, 0.5) is 26.3 Å². The van der Waals surface area contributed by atoms with Crippen LogP contribution in [0.15, 0.2) is 0 Å². The van der Waals surface area contributed by atoms with Gasteiger partial charge in [-0.1, -0.05) is 43.7 Å². The van der Waals surface area contributed by atoms with Gasteiger partial charge in [-0.3, -0.25) is 0 Å². The Labute approximate surface area is 175 Å². The summed E-state index contributed by atoms with van der Waals surface area (Å²) in [6.07, 6.45) is 8.20. The third kappa shape index (κ3) is 9.69. The van der Waals surface area contributed by atoms with Gasteiger partial charge in [0.1, 0.15) is 0 Å². The summed E-state index contributed by atoms with van der Waals surface area (Å²) in [4.78, 5) is 0. The van der Waals surface area contributed by atoms with Gasteiger partial charge in [-0.25, -0.2) is 16.8 Å². The van der Waals surface area contributed by atoms with Crippen molar-refractivity contribution < 1.29 is 47.7 Å². The Morgan fingerprint density at radius 2 is 0.900 bits per heavy atom. The number of rotatable bonds is 11. The molecule has 14 heteroatoms. The number of quaternary nitrogens is 1. The molecule has 0 saturated heterocycles. The Morgan fingerprint density at radius 1 is 0.667 bits per heavy atom. The molecular weight excluding hydrogens is 462 g/mol. The van der Waals surface area contributed by atoms with Gasteiger partial charge in [0.25, 0.3) is 0 Å². The highest BCUT2D eigenvalue weighted by Gasteiger charge is 2.59. The number of sulfonamides is 2. The average molecular weight is 496 g/mol. The van der Waals surface area contributed by atoms with Crippen LogP contribution in [0.1, 0.15) is 59.3 Å². The fourth-order valence-corrected chi connectivity index (χ4v) is 4.50. The van der Waals surface area contributed by atoms with Crippen molar-refractivity contribution in [1.29, 1.82) is 0 Å². The second-order valence-electron chi connectivity index (χ2n) is 7.13. The zero-order chi connectivity index (χ0) is 24.4. The molecule has 0 fully saturated rings. The normalized spacial score (nSPS) is 13.9. The third-order valence-corrected chi connectivity index (χ3v) is 8.12. The van der Waals surface area contributed by atoms with Crippen molar-refractivity contribution in [3.8, 4) is 0 Å². The highest BCUT2D eigenvalue weighted by molar-refractivity contribution is 8.04. The summed E-state index contributed by atoms with van der Waals surface area (Å²) in [6.45, 7) is 11.0. The van der Waals surface area contributed by atoms with E-state index in [1.54, 1.807) is 0 Å². The molecule has 0 aromatic rings. The van der Waals surface area contributed by atoms with Gasteiger partial charge in [0.2, 0.25) is 0 Å². The Morgan fingerprint density at radius 3 is 1.07 bits per heavy atom. The fraction of sp³-hybridized carbons (Fsp3) is 1.00. The topological polar surface area (TPSA) is 71.5 Å². The molecule has 0 aliphatic heterocycles. The van der Waals surface area contributed by atoms with E-state index in [0.29, 0.717) is 0 Å². The van der Waals surface area contributed by atoms with Crippen molar-refractivity contribution in [2.75, 3.05) is 33.7 Å². The van der Waals surface area contributed by atoms with Crippen LogP contribution >= 0.6 is 0 Å². The summed E-state index contributed by atoms with van der Waals surface area (Å²) in [5.41, 5.74) is -12.3. The lowest BCUT2D eigenvalue weighted by atomic mass is 10.2. The minimum Gasteiger partial charge on any atom is -0.326 e. The largest absolute Gasteiger partial charge is 0.512 e. The Bertz CT molecular complexity index is 626. The third-order valence-electron chi connectivity index (χ3n) is 4.42. The van der Waals surface area contributed by atoms with E-state index in [0.717, 1.165) is 0 Å². The van der Waals surface area contributed by atoms with Crippen molar-refractivity contribution in [2.45, 2.75) is 70.3 Å². The summed E-state index contributed by atoms with van der Waals surface area (Å²) < 4.78 is 111. The van der Waals surface area contributed by atoms with E-state index in [9.17, 15) is 43.2 Å². The molecule has 0 unspecified atom stereocenters. The van der Waals surface area contributed by atoms with E-state index < -0.39 is 34.8 Å². The highest BCUT2D eigenvalue weighted by atomic mass is 32.3. The minimum absolute atomic E-state index is 0.356. The van der Waals surface area contributed by atoms with Gasteiger partial charge in [0.05, 0.1) is 26.7 Å². The van der Waals surface area contributed by atoms with Crippen molar-refractivity contribution >= 4 is 20.0 Å². The predicted octanol–water partition coefficient (Wildman–Crippen LogP) is 4.45. The Kier molecular flexibility index (Phi) is 13.1. The molecule has 184 valence electrons. The van der Waals surface area contributed by atoms with Crippen LogP contribution in [0.3, 0.4) is 0 Å². The molecule has 0 N–H and O–H groups in total. The molecule has 0 aromatic heterocycles. The number of halogens is 6. The molecule has 0 aliphatic carbocycles. The van der Waals surface area contributed by atoms with Crippen molar-refractivity contribution in [3.63, 3.8) is 0 Å². The molecule has 30 heavy (non-hydrogen) atoms. The maximum atomic E-state index is 11.7. The van der Waals surface area contributed by atoms with E-state index in [4.69, 9.17) is 0 Å². The van der Waals surface area contributed by atoms with E-state index in [-0.39, 0.29) is 7.05 Å².